The number of furan rings is 2. The molecule has 3 nitrogen and oxygen atoms in total. The Bertz CT molecular complexity index is 2750. The molecule has 0 fully saturated rings. The van der Waals surface area contributed by atoms with Gasteiger partial charge in [0, 0.05) is 53.1 Å². The van der Waals surface area contributed by atoms with Crippen molar-refractivity contribution >= 4 is 92.4 Å². The van der Waals surface area contributed by atoms with Gasteiger partial charge in [0.15, 0.2) is 5.58 Å². The third kappa shape index (κ3) is 3.77. The number of nitrogens with zero attached hydrogens (tertiary/aromatic N) is 1. The molecular weight excluding hydrogens is 583 g/mol. The number of thiophene rings is 1. The van der Waals surface area contributed by atoms with Crippen LogP contribution in [0.4, 0.5) is 17.1 Å². The van der Waals surface area contributed by atoms with Crippen molar-refractivity contribution in [1.82, 2.24) is 0 Å². The molecule has 10 rings (SSSR count). The Hall–Kier alpha value is -5.84. The molecule has 0 N–H and O–H groups in total. The zero-order valence-electron chi connectivity index (χ0n) is 24.6. The van der Waals surface area contributed by atoms with E-state index in [0.717, 1.165) is 60.9 Å². The van der Waals surface area contributed by atoms with Crippen LogP contribution < -0.4 is 4.90 Å². The Morgan fingerprint density at radius 1 is 0.413 bits per heavy atom. The Labute approximate surface area is 268 Å². The van der Waals surface area contributed by atoms with Crippen LogP contribution in [0.2, 0.25) is 0 Å². The first-order valence-corrected chi connectivity index (χ1v) is 16.2. The fourth-order valence-electron chi connectivity index (χ4n) is 6.94. The van der Waals surface area contributed by atoms with Gasteiger partial charge >= 0.3 is 0 Å². The minimum atomic E-state index is 0.865. The van der Waals surface area contributed by atoms with Gasteiger partial charge in [0.2, 0.25) is 0 Å². The highest BCUT2D eigenvalue weighted by molar-refractivity contribution is 7.26. The maximum Gasteiger partial charge on any atom is 0.159 e. The number of benzene rings is 7. The van der Waals surface area contributed by atoms with Crippen molar-refractivity contribution < 1.29 is 8.83 Å². The summed E-state index contributed by atoms with van der Waals surface area (Å²) in [7, 11) is 0. The Balaban J connectivity index is 1.24. The lowest BCUT2D eigenvalue weighted by Gasteiger charge is -2.26. The second-order valence-electron chi connectivity index (χ2n) is 11.7. The van der Waals surface area contributed by atoms with E-state index in [1.165, 1.54) is 31.3 Å². The fraction of sp³-hybridized carbons (Fsp3) is 0. The van der Waals surface area contributed by atoms with Crippen LogP contribution in [-0.2, 0) is 0 Å². The highest BCUT2D eigenvalue weighted by Gasteiger charge is 2.22. The molecule has 3 heterocycles. The van der Waals surface area contributed by atoms with Gasteiger partial charge in [-0.15, -0.1) is 11.3 Å². The van der Waals surface area contributed by atoms with Crippen molar-refractivity contribution in [3.05, 3.63) is 152 Å². The topological polar surface area (TPSA) is 29.5 Å². The molecule has 3 aromatic heterocycles. The Morgan fingerprint density at radius 3 is 2.00 bits per heavy atom. The van der Waals surface area contributed by atoms with Crippen LogP contribution in [0, 0.1) is 0 Å². The van der Waals surface area contributed by atoms with Crippen LogP contribution in [-0.4, -0.2) is 0 Å². The molecule has 0 unspecified atom stereocenters. The quantitative estimate of drug-likeness (QED) is 0.199. The van der Waals surface area contributed by atoms with Crippen LogP contribution in [0.1, 0.15) is 0 Å². The minimum Gasteiger partial charge on any atom is -0.456 e. The van der Waals surface area contributed by atoms with Crippen molar-refractivity contribution in [1.29, 1.82) is 0 Å². The van der Waals surface area contributed by atoms with Crippen molar-refractivity contribution in [3.8, 4) is 11.1 Å². The average molecular weight is 608 g/mol. The van der Waals surface area contributed by atoms with Gasteiger partial charge < -0.3 is 13.7 Å². The van der Waals surface area contributed by atoms with E-state index in [1.54, 1.807) is 0 Å². The molecule has 46 heavy (non-hydrogen) atoms. The van der Waals surface area contributed by atoms with E-state index in [9.17, 15) is 0 Å². The first-order valence-electron chi connectivity index (χ1n) is 15.4. The monoisotopic (exact) mass is 607 g/mol. The predicted molar refractivity (Wildman–Crippen MR) is 194 cm³/mol. The predicted octanol–water partition coefficient (Wildman–Crippen LogP) is 13.0. The number of hydrogen-bond acceptors (Lipinski definition) is 4. The van der Waals surface area contributed by atoms with E-state index in [0.29, 0.717) is 0 Å². The zero-order valence-corrected chi connectivity index (χ0v) is 25.4. The summed E-state index contributed by atoms with van der Waals surface area (Å²) in [6.45, 7) is 0. The molecular formula is C42H25NO2S. The summed E-state index contributed by atoms with van der Waals surface area (Å²) in [6, 6.07) is 53.5. The highest BCUT2D eigenvalue weighted by Crippen LogP contribution is 2.47. The zero-order chi connectivity index (χ0) is 30.2. The maximum absolute atomic E-state index is 6.97. The first kappa shape index (κ1) is 25.5. The van der Waals surface area contributed by atoms with Gasteiger partial charge in [0.05, 0.1) is 5.69 Å². The molecule has 0 aliphatic carbocycles. The minimum absolute atomic E-state index is 0.865. The van der Waals surface area contributed by atoms with Gasteiger partial charge in [-0.05, 0) is 71.8 Å². The van der Waals surface area contributed by atoms with Crippen LogP contribution in [0.15, 0.2) is 160 Å². The van der Waals surface area contributed by atoms with Gasteiger partial charge in [-0.1, -0.05) is 91.0 Å². The van der Waals surface area contributed by atoms with E-state index < -0.39 is 0 Å². The Morgan fingerprint density at radius 2 is 1.11 bits per heavy atom. The first-order chi connectivity index (χ1) is 22.8. The second kappa shape index (κ2) is 9.83. The standard InChI is InChI=1S/C42H25NO2S/c1-2-9-26(10-3-1)27-17-19-28(20-18-27)43(29-21-23-37-34(25-29)30-11-4-6-15-36(30)44-37)35-14-8-13-31-32-22-24-39-40(42(32)45-41(31)35)33-12-5-7-16-38(33)46-39/h1-25H. The third-order valence-electron chi connectivity index (χ3n) is 9.08. The number of hydrogen-bond donors (Lipinski definition) is 0. The molecule has 0 saturated heterocycles. The number of para-hydroxylation sites is 2. The summed E-state index contributed by atoms with van der Waals surface area (Å²) < 4.78 is 15.7. The van der Waals surface area contributed by atoms with Crippen LogP contribution in [0.3, 0.4) is 0 Å². The number of anilines is 3. The molecule has 0 amide bonds. The number of fused-ring (bicyclic) bond motifs is 10. The van der Waals surface area contributed by atoms with Gasteiger partial charge in [-0.3, -0.25) is 0 Å². The largest absolute Gasteiger partial charge is 0.456 e. The average Bonchev–Trinajstić information content (AvgIpc) is 3.80. The van der Waals surface area contributed by atoms with Gasteiger partial charge in [0.25, 0.3) is 0 Å². The summed E-state index contributed by atoms with van der Waals surface area (Å²) in [6.07, 6.45) is 0. The van der Waals surface area contributed by atoms with E-state index in [1.807, 2.05) is 23.5 Å². The van der Waals surface area contributed by atoms with E-state index in [-0.39, 0.29) is 0 Å². The van der Waals surface area contributed by atoms with E-state index >= 15 is 0 Å². The molecule has 0 bridgehead atoms. The van der Waals surface area contributed by atoms with Crippen molar-refractivity contribution in [2.24, 2.45) is 0 Å². The van der Waals surface area contributed by atoms with Crippen LogP contribution in [0.5, 0.6) is 0 Å². The molecule has 216 valence electrons. The van der Waals surface area contributed by atoms with Crippen LogP contribution >= 0.6 is 11.3 Å². The van der Waals surface area contributed by atoms with E-state index in [4.69, 9.17) is 8.83 Å². The summed E-state index contributed by atoms with van der Waals surface area (Å²) in [5.74, 6) is 0. The second-order valence-corrected chi connectivity index (χ2v) is 12.8. The normalized spacial score (nSPS) is 11.9. The summed E-state index contributed by atoms with van der Waals surface area (Å²) >= 11 is 1.81. The molecule has 10 aromatic rings. The molecule has 4 heteroatoms. The summed E-state index contributed by atoms with van der Waals surface area (Å²) in [4.78, 5) is 2.31. The lowest BCUT2D eigenvalue weighted by molar-refractivity contribution is 0.669. The molecule has 0 spiro atoms. The van der Waals surface area contributed by atoms with Crippen LogP contribution in [0.25, 0.3) is 75.2 Å². The van der Waals surface area contributed by atoms with Gasteiger partial charge in [0.1, 0.15) is 16.7 Å². The van der Waals surface area contributed by atoms with Crippen molar-refractivity contribution in [2.45, 2.75) is 0 Å². The Kier molecular flexibility index (Phi) is 5.45. The smallest absolute Gasteiger partial charge is 0.159 e. The maximum atomic E-state index is 6.97. The third-order valence-corrected chi connectivity index (χ3v) is 10.2. The summed E-state index contributed by atoms with van der Waals surface area (Å²) in [5.41, 5.74) is 9.00. The highest BCUT2D eigenvalue weighted by atomic mass is 32.1. The van der Waals surface area contributed by atoms with E-state index in [2.05, 4.69) is 144 Å². The SMILES string of the molecule is c1ccc(-c2ccc(N(c3ccc4oc5ccccc5c4c3)c3cccc4c3oc3c4ccc4sc5ccccc5c43)cc2)cc1. The lowest BCUT2D eigenvalue weighted by Crippen LogP contribution is -2.10. The number of rotatable bonds is 4. The molecule has 0 radical (unpaired) electrons. The molecule has 0 atom stereocenters. The molecule has 0 aliphatic rings. The molecule has 7 aromatic carbocycles. The summed E-state index contributed by atoms with van der Waals surface area (Å²) in [5, 5.41) is 6.84. The van der Waals surface area contributed by atoms with Gasteiger partial charge in [-0.2, -0.15) is 0 Å². The van der Waals surface area contributed by atoms with Crippen molar-refractivity contribution in [3.63, 3.8) is 0 Å². The lowest BCUT2D eigenvalue weighted by atomic mass is 10.0. The molecule has 0 aliphatic heterocycles. The van der Waals surface area contributed by atoms with Gasteiger partial charge in [-0.25, -0.2) is 0 Å². The molecule has 0 saturated carbocycles. The fourth-order valence-corrected chi connectivity index (χ4v) is 8.04. The van der Waals surface area contributed by atoms with Crippen molar-refractivity contribution in [2.75, 3.05) is 4.90 Å².